The maximum atomic E-state index is 4.38. The summed E-state index contributed by atoms with van der Waals surface area (Å²) in [4.78, 5) is 4.38. The monoisotopic (exact) mass is 254 g/mol. The van der Waals surface area contributed by atoms with Crippen molar-refractivity contribution in [3.8, 4) is 0 Å². The lowest BCUT2D eigenvalue weighted by Crippen LogP contribution is -2.28. The molecule has 2 rings (SSSR count). The van der Waals surface area contributed by atoms with Crippen LogP contribution in [-0.2, 0) is 12.8 Å². The number of nitrogens with one attached hydrogen (secondary N) is 1. The third-order valence-corrected chi connectivity index (χ3v) is 3.61. The van der Waals surface area contributed by atoms with Crippen LogP contribution in [-0.4, -0.2) is 18.1 Å². The summed E-state index contributed by atoms with van der Waals surface area (Å²) >= 11 is 0. The van der Waals surface area contributed by atoms with Crippen LogP contribution < -0.4 is 5.32 Å². The van der Waals surface area contributed by atoms with Crippen LogP contribution in [0.2, 0.25) is 0 Å². The molecule has 1 atom stereocenters. The molecule has 100 valence electrons. The van der Waals surface area contributed by atoms with E-state index >= 15 is 0 Å². The number of nitrogens with zero attached hydrogens (tertiary/aromatic N) is 1. The molecule has 0 aliphatic rings. The molecule has 1 unspecified atom stereocenters. The Hall–Kier alpha value is -1.67. The van der Waals surface area contributed by atoms with Crippen LogP contribution in [0.15, 0.2) is 48.7 Å². The van der Waals surface area contributed by atoms with E-state index < -0.39 is 0 Å². The predicted molar refractivity (Wildman–Crippen MR) is 80.3 cm³/mol. The summed E-state index contributed by atoms with van der Waals surface area (Å²) in [5.74, 6) is 0. The molecule has 2 nitrogen and oxygen atoms in total. The smallest absolute Gasteiger partial charge is 0.0404 e. The van der Waals surface area contributed by atoms with Gasteiger partial charge in [0.1, 0.15) is 0 Å². The molecule has 2 heteroatoms. The normalized spacial score (nSPS) is 12.3. The van der Waals surface area contributed by atoms with Crippen LogP contribution in [0.4, 0.5) is 0 Å². The summed E-state index contributed by atoms with van der Waals surface area (Å²) < 4.78 is 0. The molecular formula is C17H22N2. The van der Waals surface area contributed by atoms with Crippen molar-refractivity contribution >= 4 is 0 Å². The third kappa shape index (κ3) is 4.18. The lowest BCUT2D eigenvalue weighted by molar-refractivity contribution is 0.516. The summed E-state index contributed by atoms with van der Waals surface area (Å²) in [6, 6.07) is 15.2. The van der Waals surface area contributed by atoms with Gasteiger partial charge in [0.2, 0.25) is 0 Å². The maximum Gasteiger partial charge on any atom is 0.0404 e. The summed E-state index contributed by atoms with van der Waals surface area (Å²) in [5.41, 5.74) is 3.98. The van der Waals surface area contributed by atoms with Crippen molar-refractivity contribution in [1.29, 1.82) is 0 Å². The van der Waals surface area contributed by atoms with Gasteiger partial charge < -0.3 is 5.32 Å². The number of pyridine rings is 1. The second-order valence-electron chi connectivity index (χ2n) is 4.98. The van der Waals surface area contributed by atoms with Crippen LogP contribution in [0.5, 0.6) is 0 Å². The van der Waals surface area contributed by atoms with E-state index in [0.717, 1.165) is 19.3 Å². The molecule has 2 aromatic rings. The maximum absolute atomic E-state index is 4.38. The van der Waals surface area contributed by atoms with Gasteiger partial charge in [0, 0.05) is 17.9 Å². The van der Waals surface area contributed by atoms with Gasteiger partial charge in [0.25, 0.3) is 0 Å². The molecule has 1 aromatic heterocycles. The molecule has 0 spiro atoms. The van der Waals surface area contributed by atoms with Gasteiger partial charge in [-0.05, 0) is 56.5 Å². The fourth-order valence-electron chi connectivity index (χ4n) is 2.32. The Labute approximate surface area is 115 Å². The molecule has 1 heterocycles. The molecule has 19 heavy (non-hydrogen) atoms. The van der Waals surface area contributed by atoms with Gasteiger partial charge in [-0.1, -0.05) is 30.3 Å². The van der Waals surface area contributed by atoms with E-state index in [1.165, 1.54) is 16.8 Å². The number of benzene rings is 1. The largest absolute Gasteiger partial charge is 0.317 e. The first kappa shape index (κ1) is 13.8. The van der Waals surface area contributed by atoms with E-state index in [4.69, 9.17) is 0 Å². The van der Waals surface area contributed by atoms with Gasteiger partial charge in [-0.25, -0.2) is 0 Å². The van der Waals surface area contributed by atoms with Crippen molar-refractivity contribution in [3.05, 3.63) is 65.5 Å². The van der Waals surface area contributed by atoms with Crippen molar-refractivity contribution < 1.29 is 0 Å². The average Bonchev–Trinajstić information content (AvgIpc) is 2.46. The van der Waals surface area contributed by atoms with Crippen molar-refractivity contribution in [2.75, 3.05) is 7.05 Å². The fourth-order valence-corrected chi connectivity index (χ4v) is 2.32. The van der Waals surface area contributed by atoms with Crippen molar-refractivity contribution in [3.63, 3.8) is 0 Å². The zero-order valence-corrected chi connectivity index (χ0v) is 11.8. The molecule has 0 aliphatic heterocycles. The zero-order chi connectivity index (χ0) is 13.5. The Morgan fingerprint density at radius 1 is 1.11 bits per heavy atom. The highest BCUT2D eigenvalue weighted by Gasteiger charge is 2.09. The Morgan fingerprint density at radius 3 is 2.58 bits per heavy atom. The molecule has 1 N–H and O–H groups in total. The van der Waals surface area contributed by atoms with E-state index in [1.807, 2.05) is 19.3 Å². The zero-order valence-electron chi connectivity index (χ0n) is 11.8. The highest BCUT2D eigenvalue weighted by molar-refractivity contribution is 5.26. The van der Waals surface area contributed by atoms with Gasteiger partial charge in [-0.3, -0.25) is 4.98 Å². The number of hydrogen-bond acceptors (Lipinski definition) is 2. The van der Waals surface area contributed by atoms with Crippen LogP contribution in [0.1, 0.15) is 23.2 Å². The first-order chi connectivity index (χ1) is 9.29. The molecule has 0 radical (unpaired) electrons. The minimum Gasteiger partial charge on any atom is -0.317 e. The van der Waals surface area contributed by atoms with Gasteiger partial charge in [0.15, 0.2) is 0 Å². The van der Waals surface area contributed by atoms with Gasteiger partial charge in [-0.15, -0.1) is 0 Å². The molecule has 0 saturated heterocycles. The quantitative estimate of drug-likeness (QED) is 0.856. The summed E-state index contributed by atoms with van der Waals surface area (Å²) in [7, 11) is 2.04. The van der Waals surface area contributed by atoms with Crippen molar-refractivity contribution in [2.24, 2.45) is 0 Å². The Bertz CT molecular complexity index is 494. The van der Waals surface area contributed by atoms with E-state index in [2.05, 4.69) is 53.6 Å². The van der Waals surface area contributed by atoms with E-state index in [0.29, 0.717) is 6.04 Å². The van der Waals surface area contributed by atoms with E-state index in [1.54, 1.807) is 0 Å². The minimum absolute atomic E-state index is 0.503. The van der Waals surface area contributed by atoms with Crippen molar-refractivity contribution in [1.82, 2.24) is 10.3 Å². The highest BCUT2D eigenvalue weighted by Crippen LogP contribution is 2.12. The van der Waals surface area contributed by atoms with Crippen LogP contribution >= 0.6 is 0 Å². The topological polar surface area (TPSA) is 24.9 Å². The lowest BCUT2D eigenvalue weighted by Gasteiger charge is -2.17. The van der Waals surface area contributed by atoms with E-state index in [9.17, 15) is 0 Å². The van der Waals surface area contributed by atoms with Crippen molar-refractivity contribution in [2.45, 2.75) is 32.2 Å². The van der Waals surface area contributed by atoms with Gasteiger partial charge in [0.05, 0.1) is 0 Å². The molecule has 0 aliphatic carbocycles. The minimum atomic E-state index is 0.503. The lowest BCUT2D eigenvalue weighted by atomic mass is 9.98. The fraction of sp³-hybridized carbons (Fsp3) is 0.353. The molecule has 0 fully saturated rings. The molecule has 0 saturated carbocycles. The van der Waals surface area contributed by atoms with Gasteiger partial charge in [-0.2, -0.15) is 0 Å². The number of aryl methyl sites for hydroxylation is 2. The third-order valence-electron chi connectivity index (χ3n) is 3.61. The number of hydrogen-bond donors (Lipinski definition) is 1. The second-order valence-corrected chi connectivity index (χ2v) is 4.98. The van der Waals surface area contributed by atoms with Crippen LogP contribution in [0.3, 0.4) is 0 Å². The second kappa shape index (κ2) is 7.05. The Morgan fingerprint density at radius 2 is 1.89 bits per heavy atom. The molecule has 0 bridgehead atoms. The number of likely N-dealkylation sites (N-methyl/N-ethyl adjacent to an activating group) is 1. The highest BCUT2D eigenvalue weighted by atomic mass is 14.9. The SMILES string of the molecule is CNC(CCc1ccccn1)Cc1ccccc1C. The van der Waals surface area contributed by atoms with Crippen LogP contribution in [0.25, 0.3) is 0 Å². The number of aromatic nitrogens is 1. The number of rotatable bonds is 6. The predicted octanol–water partition coefficient (Wildman–Crippen LogP) is 3.15. The van der Waals surface area contributed by atoms with E-state index in [-0.39, 0.29) is 0 Å². The average molecular weight is 254 g/mol. The summed E-state index contributed by atoms with van der Waals surface area (Å²) in [6.45, 7) is 2.18. The molecule has 0 amide bonds. The molecular weight excluding hydrogens is 232 g/mol. The summed E-state index contributed by atoms with van der Waals surface area (Å²) in [6.07, 6.45) is 5.08. The standard InChI is InChI=1S/C17H22N2/c1-14-7-3-4-8-15(14)13-17(18-2)11-10-16-9-5-6-12-19-16/h3-9,12,17-18H,10-11,13H2,1-2H3. The molecule has 1 aromatic carbocycles. The Balaban J connectivity index is 1.92. The summed E-state index contributed by atoms with van der Waals surface area (Å²) in [5, 5.41) is 3.42. The first-order valence-electron chi connectivity index (χ1n) is 6.91. The van der Waals surface area contributed by atoms with Crippen LogP contribution in [0, 0.1) is 6.92 Å². The van der Waals surface area contributed by atoms with Gasteiger partial charge >= 0.3 is 0 Å². The first-order valence-corrected chi connectivity index (χ1v) is 6.91. The Kier molecular flexibility index (Phi) is 5.10.